The van der Waals surface area contributed by atoms with Crippen LogP contribution in [0.25, 0.3) is 0 Å². The Labute approximate surface area is 72.0 Å². The van der Waals surface area contributed by atoms with Gasteiger partial charge in [0.05, 0.1) is 0 Å². The maximum atomic E-state index is 0. The van der Waals surface area contributed by atoms with E-state index >= 15 is 0 Å². The largest absolute Gasteiger partial charge is 2.00 e. The number of rotatable bonds is 0. The second-order valence-electron chi connectivity index (χ2n) is 0. The molecule has 0 aromatic rings. The second kappa shape index (κ2) is 204. The number of hydrogen-bond acceptors (Lipinski definition) is 0. The van der Waals surface area contributed by atoms with Crippen LogP contribution in [-0.2, 0) is 18.6 Å². The van der Waals surface area contributed by atoms with Gasteiger partial charge in [-0.2, -0.15) is 0 Å². The third kappa shape index (κ3) is 143. The summed E-state index contributed by atoms with van der Waals surface area (Å²) in [6, 6.07) is 0. The van der Waals surface area contributed by atoms with E-state index in [2.05, 4.69) is 0 Å². The minimum Gasteiger partial charge on any atom is -1.00 e. The first kappa shape index (κ1) is 315. The molecule has 0 bridgehead atoms. The molecule has 0 aliphatic heterocycles. The van der Waals surface area contributed by atoms with Gasteiger partial charge in [-0.3, -0.25) is 0 Å². The predicted octanol–water partition coefficient (Wildman–Crippen LogP) is -4.28. The van der Waals surface area contributed by atoms with E-state index in [-0.39, 0.29) is 71.8 Å². The van der Waals surface area contributed by atoms with Crippen molar-refractivity contribution in [2.75, 3.05) is 0 Å². The summed E-state index contributed by atoms with van der Waals surface area (Å²) in [5.41, 5.74) is 0. The van der Waals surface area contributed by atoms with Crippen molar-refractivity contribution < 1.29 is 48.8 Å². The molecule has 0 heterocycles. The molecule has 1 radical (unpaired) electrons. The molecular weight excluding hydrogens is 155 g/mol. The predicted molar refractivity (Wildman–Crippen MR) is 26.0 cm³/mol. The van der Waals surface area contributed by atoms with Crippen molar-refractivity contribution in [2.45, 2.75) is 0 Å². The quantitative estimate of drug-likeness (QED) is 0.320. The zero-order valence-corrected chi connectivity index (χ0v) is 6.47. The van der Waals surface area contributed by atoms with E-state index in [0.29, 0.717) is 0 Å². The van der Waals surface area contributed by atoms with Crippen LogP contribution in [0, 0.1) is 0 Å². The normalized spacial score (nSPS) is 0. The van der Waals surface area contributed by atoms with Crippen molar-refractivity contribution in [3.8, 4) is 0 Å². The van der Waals surface area contributed by atoms with Crippen molar-refractivity contribution in [1.82, 2.24) is 0 Å². The Kier molecular flexibility index (Phi) is 9190. The SMILES string of the molecule is O.O.O.O.O.[H-].[H-].[Mg+2].[V]. The zero-order chi connectivity index (χ0) is 0. The topological polar surface area (TPSA) is 158 Å². The molecule has 49 valence electrons. The van der Waals surface area contributed by atoms with Crippen LogP contribution in [0.1, 0.15) is 2.85 Å². The van der Waals surface area contributed by atoms with Crippen LogP contribution in [0.5, 0.6) is 0 Å². The number of hydrogen-bond donors (Lipinski definition) is 0. The molecule has 5 nitrogen and oxygen atoms in total. The van der Waals surface area contributed by atoms with E-state index in [4.69, 9.17) is 0 Å². The molecule has 0 saturated heterocycles. The van der Waals surface area contributed by atoms with Crippen LogP contribution >= 0.6 is 0 Å². The molecule has 0 saturated carbocycles. The molecule has 0 aliphatic carbocycles. The molecule has 0 fully saturated rings. The van der Waals surface area contributed by atoms with E-state index < -0.39 is 0 Å². The summed E-state index contributed by atoms with van der Waals surface area (Å²) in [4.78, 5) is 0. The first-order chi connectivity index (χ1) is 0. The summed E-state index contributed by atoms with van der Waals surface area (Å²) < 4.78 is 0. The van der Waals surface area contributed by atoms with Crippen LogP contribution in [0.3, 0.4) is 0 Å². The summed E-state index contributed by atoms with van der Waals surface area (Å²) in [7, 11) is 0. The Bertz CT molecular complexity index is 14.9. The van der Waals surface area contributed by atoms with Gasteiger partial charge in [0.25, 0.3) is 0 Å². The molecule has 0 atom stereocenters. The molecule has 10 N–H and O–H groups in total. The van der Waals surface area contributed by atoms with Crippen molar-refractivity contribution in [3.05, 3.63) is 0 Å². The molecule has 0 aromatic heterocycles. The van der Waals surface area contributed by atoms with Gasteiger partial charge in [0.2, 0.25) is 0 Å². The smallest absolute Gasteiger partial charge is 1.00 e. The molecule has 0 aromatic carbocycles. The molecule has 0 spiro atoms. The Morgan fingerprint density at radius 2 is 0.571 bits per heavy atom. The molecule has 7 heavy (non-hydrogen) atoms. The van der Waals surface area contributed by atoms with Gasteiger partial charge >= 0.3 is 23.1 Å². The van der Waals surface area contributed by atoms with Crippen molar-refractivity contribution in [3.63, 3.8) is 0 Å². The van der Waals surface area contributed by atoms with Gasteiger partial charge in [-0.1, -0.05) is 0 Å². The summed E-state index contributed by atoms with van der Waals surface area (Å²) in [6.45, 7) is 0. The Morgan fingerprint density at radius 3 is 0.571 bits per heavy atom. The van der Waals surface area contributed by atoms with Gasteiger partial charge in [-0.05, 0) is 0 Å². The van der Waals surface area contributed by atoms with Crippen LogP contribution in [0.4, 0.5) is 0 Å². The van der Waals surface area contributed by atoms with E-state index in [1.807, 2.05) is 0 Å². The third-order valence-corrected chi connectivity index (χ3v) is 0. The van der Waals surface area contributed by atoms with Crippen molar-refractivity contribution >= 4 is 23.1 Å². The molecule has 0 unspecified atom stereocenters. The van der Waals surface area contributed by atoms with Gasteiger partial charge in [0, 0.05) is 18.6 Å². The fraction of sp³-hybridized carbons (Fsp3) is 0. The fourth-order valence-electron chi connectivity index (χ4n) is 0. The maximum Gasteiger partial charge on any atom is 2.00 e. The minimum absolute atomic E-state index is 0. The summed E-state index contributed by atoms with van der Waals surface area (Å²) >= 11 is 0. The van der Waals surface area contributed by atoms with Gasteiger partial charge in [-0.25, -0.2) is 0 Å². The van der Waals surface area contributed by atoms with Gasteiger partial charge in [-0.15, -0.1) is 0 Å². The first-order valence-electron chi connectivity index (χ1n) is 0. The monoisotopic (exact) mass is 167 g/mol. The summed E-state index contributed by atoms with van der Waals surface area (Å²) in [5, 5.41) is 0. The van der Waals surface area contributed by atoms with Gasteiger partial charge in [0.1, 0.15) is 0 Å². The molecule has 0 rings (SSSR count). The maximum absolute atomic E-state index is 0. The van der Waals surface area contributed by atoms with Gasteiger partial charge < -0.3 is 30.2 Å². The summed E-state index contributed by atoms with van der Waals surface area (Å²) in [6.07, 6.45) is 0. The van der Waals surface area contributed by atoms with Crippen molar-refractivity contribution in [2.24, 2.45) is 0 Å². The Hall–Kier alpha value is 1.15. The Balaban J connectivity index is 0. The zero-order valence-electron chi connectivity index (χ0n) is 5.65. The average Bonchev–Trinajstić information content (AvgIpc) is 0. The minimum atomic E-state index is 0. The van der Waals surface area contributed by atoms with E-state index in [1.54, 1.807) is 0 Å². The van der Waals surface area contributed by atoms with E-state index in [9.17, 15) is 0 Å². The van der Waals surface area contributed by atoms with Crippen LogP contribution in [0.15, 0.2) is 0 Å². The molecular formula is H12MgO5V. The van der Waals surface area contributed by atoms with Gasteiger partial charge in [0.15, 0.2) is 0 Å². The second-order valence-corrected chi connectivity index (χ2v) is 0. The molecule has 0 aliphatic rings. The van der Waals surface area contributed by atoms with E-state index in [1.165, 1.54) is 0 Å². The third-order valence-electron chi connectivity index (χ3n) is 0. The Morgan fingerprint density at radius 1 is 0.571 bits per heavy atom. The van der Waals surface area contributed by atoms with Crippen LogP contribution in [0.2, 0.25) is 0 Å². The standard InChI is InChI=1S/Mg.5H2O.V.2H/h;5*1H2;;;/q+2;;;;;;;2*-1. The van der Waals surface area contributed by atoms with Crippen molar-refractivity contribution in [1.29, 1.82) is 0 Å². The van der Waals surface area contributed by atoms with E-state index in [0.717, 1.165) is 0 Å². The first-order valence-corrected chi connectivity index (χ1v) is 0. The molecule has 7 heteroatoms. The fourth-order valence-corrected chi connectivity index (χ4v) is 0. The van der Waals surface area contributed by atoms with Crippen LogP contribution < -0.4 is 0 Å². The van der Waals surface area contributed by atoms with Crippen LogP contribution in [-0.4, -0.2) is 50.4 Å². The molecule has 0 amide bonds. The summed E-state index contributed by atoms with van der Waals surface area (Å²) in [5.74, 6) is 0. The average molecular weight is 167 g/mol.